The van der Waals surface area contributed by atoms with Crippen LogP contribution < -0.4 is 0 Å². The number of hydrogen-bond donors (Lipinski definition) is 0. The minimum Gasteiger partial charge on any atom is -0.377 e. The molecular weight excluding hydrogens is 276 g/mol. The Labute approximate surface area is 136 Å². The lowest BCUT2D eigenvalue weighted by molar-refractivity contribution is -0.0738. The number of piperidine rings is 1. The Morgan fingerprint density at radius 2 is 1.59 bits per heavy atom. The van der Waals surface area contributed by atoms with Crippen LogP contribution in [0.25, 0.3) is 0 Å². The molecule has 0 N–H and O–H groups in total. The minimum atomic E-state index is 0.396. The maximum absolute atomic E-state index is 5.89. The van der Waals surface area contributed by atoms with Crippen molar-refractivity contribution in [2.24, 2.45) is 5.92 Å². The highest BCUT2D eigenvalue weighted by atomic mass is 16.5. The maximum atomic E-state index is 5.89. The van der Waals surface area contributed by atoms with Crippen LogP contribution in [-0.2, 0) is 9.47 Å². The first kappa shape index (κ1) is 16.7. The van der Waals surface area contributed by atoms with E-state index in [1.165, 1.54) is 58.3 Å². The summed E-state index contributed by atoms with van der Waals surface area (Å²) in [6, 6.07) is 0. The second kappa shape index (κ2) is 8.09. The van der Waals surface area contributed by atoms with E-state index in [-0.39, 0.29) is 0 Å². The molecule has 0 spiro atoms. The van der Waals surface area contributed by atoms with Crippen molar-refractivity contribution in [3.05, 3.63) is 0 Å². The zero-order chi connectivity index (χ0) is 15.4. The van der Waals surface area contributed by atoms with Crippen molar-refractivity contribution in [3.8, 4) is 0 Å². The van der Waals surface area contributed by atoms with Gasteiger partial charge in [0, 0.05) is 32.8 Å². The van der Waals surface area contributed by atoms with E-state index in [0.717, 1.165) is 25.6 Å². The number of ether oxygens (including phenoxy) is 2. The standard InChI is InChI=1S/C18H34N2O2/c1-15-11-20(12-16(2)22-15)13-17-6-8-19(9-7-17)14-18-5-3-4-10-21-18/h15-18H,3-14H2,1-2H3/t15-,16+,18-/m1/s1. The summed E-state index contributed by atoms with van der Waals surface area (Å²) in [4.78, 5) is 5.26. The highest BCUT2D eigenvalue weighted by Gasteiger charge is 2.27. The van der Waals surface area contributed by atoms with Gasteiger partial charge in [-0.15, -0.1) is 0 Å². The summed E-state index contributed by atoms with van der Waals surface area (Å²) in [6.07, 6.45) is 7.89. The van der Waals surface area contributed by atoms with Crippen LogP contribution in [0.2, 0.25) is 0 Å². The van der Waals surface area contributed by atoms with Gasteiger partial charge in [-0.3, -0.25) is 4.90 Å². The van der Waals surface area contributed by atoms with E-state index in [4.69, 9.17) is 9.47 Å². The van der Waals surface area contributed by atoms with Crippen molar-refractivity contribution in [1.82, 2.24) is 9.80 Å². The molecule has 3 atom stereocenters. The zero-order valence-corrected chi connectivity index (χ0v) is 14.5. The van der Waals surface area contributed by atoms with E-state index in [1.54, 1.807) is 0 Å². The topological polar surface area (TPSA) is 24.9 Å². The molecule has 3 saturated heterocycles. The summed E-state index contributed by atoms with van der Waals surface area (Å²) >= 11 is 0. The number of morpholine rings is 1. The molecule has 0 unspecified atom stereocenters. The summed E-state index contributed by atoms with van der Waals surface area (Å²) in [5.41, 5.74) is 0. The van der Waals surface area contributed by atoms with Gasteiger partial charge in [0.1, 0.15) is 0 Å². The number of hydrogen-bond acceptors (Lipinski definition) is 4. The average Bonchev–Trinajstić information content (AvgIpc) is 2.49. The summed E-state index contributed by atoms with van der Waals surface area (Å²) in [6.45, 7) is 12.6. The van der Waals surface area contributed by atoms with Crippen molar-refractivity contribution < 1.29 is 9.47 Å². The highest BCUT2D eigenvalue weighted by Crippen LogP contribution is 2.22. The lowest BCUT2D eigenvalue weighted by atomic mass is 9.95. The molecule has 4 heteroatoms. The smallest absolute Gasteiger partial charge is 0.0702 e. The first-order chi connectivity index (χ1) is 10.7. The third-order valence-electron chi connectivity index (χ3n) is 5.45. The van der Waals surface area contributed by atoms with E-state index in [0.29, 0.717) is 18.3 Å². The molecule has 128 valence electrons. The van der Waals surface area contributed by atoms with Crippen molar-refractivity contribution in [3.63, 3.8) is 0 Å². The highest BCUT2D eigenvalue weighted by molar-refractivity contribution is 4.80. The molecule has 0 saturated carbocycles. The molecule has 0 aromatic carbocycles. The predicted molar refractivity (Wildman–Crippen MR) is 89.2 cm³/mol. The second-order valence-corrected chi connectivity index (χ2v) is 7.71. The molecule has 22 heavy (non-hydrogen) atoms. The van der Waals surface area contributed by atoms with E-state index >= 15 is 0 Å². The number of rotatable bonds is 4. The summed E-state index contributed by atoms with van der Waals surface area (Å²) in [5, 5.41) is 0. The first-order valence-corrected chi connectivity index (χ1v) is 9.41. The summed E-state index contributed by atoms with van der Waals surface area (Å²) in [5.74, 6) is 0.876. The van der Waals surface area contributed by atoms with Gasteiger partial charge in [0.05, 0.1) is 18.3 Å². The Kier molecular flexibility index (Phi) is 6.14. The largest absolute Gasteiger partial charge is 0.377 e. The van der Waals surface area contributed by atoms with Crippen LogP contribution in [0, 0.1) is 5.92 Å². The Bertz CT molecular complexity index is 315. The minimum absolute atomic E-state index is 0.396. The van der Waals surface area contributed by atoms with Crippen LogP contribution in [0.1, 0.15) is 46.0 Å². The van der Waals surface area contributed by atoms with Crippen LogP contribution in [0.5, 0.6) is 0 Å². The van der Waals surface area contributed by atoms with E-state index in [9.17, 15) is 0 Å². The monoisotopic (exact) mass is 310 g/mol. The van der Waals surface area contributed by atoms with Gasteiger partial charge < -0.3 is 14.4 Å². The van der Waals surface area contributed by atoms with Gasteiger partial charge in [-0.1, -0.05) is 0 Å². The fourth-order valence-electron chi connectivity index (χ4n) is 4.39. The molecule has 4 nitrogen and oxygen atoms in total. The molecular formula is C18H34N2O2. The van der Waals surface area contributed by atoms with Gasteiger partial charge in [-0.05, 0) is 65.0 Å². The fraction of sp³-hybridized carbons (Fsp3) is 1.00. The maximum Gasteiger partial charge on any atom is 0.0702 e. The third kappa shape index (κ3) is 4.92. The van der Waals surface area contributed by atoms with Gasteiger partial charge in [-0.2, -0.15) is 0 Å². The lowest BCUT2D eigenvalue weighted by Crippen LogP contribution is -2.48. The van der Waals surface area contributed by atoms with Crippen molar-refractivity contribution in [2.75, 3.05) is 45.9 Å². The van der Waals surface area contributed by atoms with Crippen LogP contribution >= 0.6 is 0 Å². The van der Waals surface area contributed by atoms with Crippen molar-refractivity contribution in [2.45, 2.75) is 64.3 Å². The first-order valence-electron chi connectivity index (χ1n) is 9.41. The summed E-state index contributed by atoms with van der Waals surface area (Å²) in [7, 11) is 0. The molecule has 0 amide bonds. The Balaban J connectivity index is 1.36. The van der Waals surface area contributed by atoms with Crippen molar-refractivity contribution in [1.29, 1.82) is 0 Å². The van der Waals surface area contributed by atoms with E-state index in [1.807, 2.05) is 0 Å². The van der Waals surface area contributed by atoms with Crippen LogP contribution in [0.4, 0.5) is 0 Å². The quantitative estimate of drug-likeness (QED) is 0.796. The van der Waals surface area contributed by atoms with Gasteiger partial charge in [0.25, 0.3) is 0 Å². The van der Waals surface area contributed by atoms with Crippen molar-refractivity contribution >= 4 is 0 Å². The van der Waals surface area contributed by atoms with E-state index < -0.39 is 0 Å². The Morgan fingerprint density at radius 3 is 2.23 bits per heavy atom. The van der Waals surface area contributed by atoms with E-state index in [2.05, 4.69) is 23.6 Å². The van der Waals surface area contributed by atoms with Gasteiger partial charge >= 0.3 is 0 Å². The fourth-order valence-corrected chi connectivity index (χ4v) is 4.39. The van der Waals surface area contributed by atoms with Crippen LogP contribution in [0.3, 0.4) is 0 Å². The van der Waals surface area contributed by atoms with Crippen LogP contribution in [-0.4, -0.2) is 74.0 Å². The number of likely N-dealkylation sites (tertiary alicyclic amines) is 1. The summed E-state index contributed by atoms with van der Waals surface area (Å²) < 4.78 is 11.7. The average molecular weight is 310 g/mol. The second-order valence-electron chi connectivity index (χ2n) is 7.71. The van der Waals surface area contributed by atoms with Gasteiger partial charge in [0.15, 0.2) is 0 Å². The zero-order valence-electron chi connectivity index (χ0n) is 14.5. The third-order valence-corrected chi connectivity index (χ3v) is 5.45. The SMILES string of the molecule is C[C@@H]1CN(CC2CCN(C[C@H]3CCCCO3)CC2)C[C@H](C)O1. The Hall–Kier alpha value is -0.160. The molecule has 0 radical (unpaired) electrons. The molecule has 3 aliphatic heterocycles. The Morgan fingerprint density at radius 1 is 0.864 bits per heavy atom. The molecule has 3 fully saturated rings. The van der Waals surface area contributed by atoms with Gasteiger partial charge in [0.2, 0.25) is 0 Å². The predicted octanol–water partition coefficient (Wildman–Crippen LogP) is 2.38. The molecule has 0 bridgehead atoms. The molecule has 3 aliphatic rings. The molecule has 0 aromatic heterocycles. The molecule has 0 aromatic rings. The number of nitrogens with zero attached hydrogens (tertiary/aromatic N) is 2. The van der Waals surface area contributed by atoms with Crippen LogP contribution in [0.15, 0.2) is 0 Å². The lowest BCUT2D eigenvalue weighted by Gasteiger charge is -2.40. The van der Waals surface area contributed by atoms with Gasteiger partial charge in [-0.25, -0.2) is 0 Å². The molecule has 3 rings (SSSR count). The molecule has 0 aliphatic carbocycles. The molecule has 3 heterocycles. The normalized spacial score (nSPS) is 36.5.